The van der Waals surface area contributed by atoms with Gasteiger partial charge in [-0.05, 0) is 73.4 Å². The van der Waals surface area contributed by atoms with E-state index in [9.17, 15) is 13.2 Å². The van der Waals surface area contributed by atoms with Crippen molar-refractivity contribution in [2.24, 2.45) is 0 Å². The molecule has 0 fully saturated rings. The number of ketones is 1. The van der Waals surface area contributed by atoms with Crippen molar-refractivity contribution in [3.8, 4) is 0 Å². The number of anilines is 1. The summed E-state index contributed by atoms with van der Waals surface area (Å²) in [5.74, 6) is 0.472. The molecule has 0 saturated carbocycles. The third kappa shape index (κ3) is 5.28. The topological polar surface area (TPSA) is 116 Å². The molecule has 0 bridgehead atoms. The molecule has 0 aliphatic heterocycles. The highest BCUT2D eigenvalue weighted by Crippen LogP contribution is 2.25. The first kappa shape index (κ1) is 23.5. The van der Waals surface area contributed by atoms with Crippen LogP contribution in [0.5, 0.6) is 0 Å². The third-order valence-corrected chi connectivity index (χ3v) is 6.82. The van der Waals surface area contributed by atoms with Crippen molar-refractivity contribution in [3.05, 3.63) is 88.5 Å². The van der Waals surface area contributed by atoms with E-state index < -0.39 is 9.84 Å². The van der Waals surface area contributed by atoms with Crippen LogP contribution in [0.2, 0.25) is 0 Å². The maximum absolute atomic E-state index is 12.8. The van der Waals surface area contributed by atoms with Crippen LogP contribution in [-0.2, 0) is 22.7 Å². The van der Waals surface area contributed by atoms with Crippen molar-refractivity contribution in [1.29, 1.82) is 0 Å². The summed E-state index contributed by atoms with van der Waals surface area (Å²) in [7, 11) is -3.47. The summed E-state index contributed by atoms with van der Waals surface area (Å²) in [5, 5.41) is 0.762. The van der Waals surface area contributed by atoms with Gasteiger partial charge in [-0.3, -0.25) is 14.8 Å². The molecule has 0 unspecified atom stereocenters. The van der Waals surface area contributed by atoms with Crippen molar-refractivity contribution in [3.63, 3.8) is 0 Å². The highest BCUT2D eigenvalue weighted by atomic mass is 32.2. The number of rotatable bonds is 7. The molecular weight excluding hydrogens is 448 g/mol. The Kier molecular flexibility index (Phi) is 6.43. The van der Waals surface area contributed by atoms with Crippen molar-refractivity contribution in [1.82, 2.24) is 15.0 Å². The van der Waals surface area contributed by atoms with Crippen LogP contribution >= 0.6 is 0 Å². The fourth-order valence-corrected chi connectivity index (χ4v) is 4.88. The van der Waals surface area contributed by atoms with E-state index in [0.717, 1.165) is 27.8 Å². The second kappa shape index (κ2) is 9.30. The monoisotopic (exact) mass is 474 g/mol. The number of Topliss-reactive ketones (excluding diaryl/α,β-unsaturated/α-hetero) is 1. The minimum absolute atomic E-state index is 0.00929. The number of sulfone groups is 1. The van der Waals surface area contributed by atoms with E-state index in [2.05, 4.69) is 15.0 Å². The number of fused-ring (bicyclic) bond motifs is 1. The Labute approximate surface area is 199 Å². The Hall–Kier alpha value is -3.65. The van der Waals surface area contributed by atoms with Gasteiger partial charge in [0.05, 0.1) is 10.4 Å². The molecule has 0 amide bonds. The zero-order chi connectivity index (χ0) is 24.5. The lowest BCUT2D eigenvalue weighted by Gasteiger charge is -2.10. The fraction of sp³-hybridized carbons (Fsp3) is 0.231. The number of nitrogens with two attached hydrogens (primary N) is 1. The van der Waals surface area contributed by atoms with Gasteiger partial charge in [0.2, 0.25) is 0 Å². The predicted octanol–water partition coefficient (Wildman–Crippen LogP) is 4.03. The first-order valence-corrected chi connectivity index (χ1v) is 12.8. The fourth-order valence-electron chi connectivity index (χ4n) is 3.99. The van der Waals surface area contributed by atoms with E-state index in [-0.39, 0.29) is 10.7 Å². The van der Waals surface area contributed by atoms with Crippen LogP contribution in [0, 0.1) is 13.8 Å². The van der Waals surface area contributed by atoms with Crippen molar-refractivity contribution >= 4 is 32.3 Å². The maximum atomic E-state index is 12.8. The Morgan fingerprint density at radius 2 is 1.82 bits per heavy atom. The highest BCUT2D eigenvalue weighted by molar-refractivity contribution is 7.91. The van der Waals surface area contributed by atoms with E-state index in [1.807, 2.05) is 32.0 Å². The lowest BCUT2D eigenvalue weighted by Crippen LogP contribution is -2.06. The third-order valence-electron chi connectivity index (χ3n) is 5.71. The zero-order valence-corrected chi connectivity index (χ0v) is 20.2. The lowest BCUT2D eigenvalue weighted by atomic mass is 10.0. The molecule has 0 radical (unpaired) electrons. The molecule has 0 spiro atoms. The van der Waals surface area contributed by atoms with Gasteiger partial charge in [-0.15, -0.1) is 0 Å². The zero-order valence-electron chi connectivity index (χ0n) is 19.4. The minimum Gasteiger partial charge on any atom is -0.384 e. The SMILES string of the molecule is Cc1cnc2c(S(C)(=O)=O)cc(Cc3cc(C(=O)CCc4ccc(N)nc4C)ccn3)cc2c1. The van der Waals surface area contributed by atoms with Crippen molar-refractivity contribution in [2.75, 3.05) is 12.0 Å². The van der Waals surface area contributed by atoms with Gasteiger partial charge in [0, 0.05) is 53.8 Å². The van der Waals surface area contributed by atoms with E-state index >= 15 is 0 Å². The molecule has 7 nitrogen and oxygen atoms in total. The van der Waals surface area contributed by atoms with E-state index in [1.54, 1.807) is 36.7 Å². The number of hydrogen-bond donors (Lipinski definition) is 1. The van der Waals surface area contributed by atoms with Gasteiger partial charge in [0.25, 0.3) is 0 Å². The van der Waals surface area contributed by atoms with Crippen LogP contribution in [0.25, 0.3) is 10.9 Å². The predicted molar refractivity (Wildman–Crippen MR) is 133 cm³/mol. The van der Waals surface area contributed by atoms with E-state index in [0.29, 0.717) is 41.9 Å². The van der Waals surface area contributed by atoms with Crippen LogP contribution in [0.15, 0.2) is 59.8 Å². The Bertz CT molecular complexity index is 1510. The first-order valence-electron chi connectivity index (χ1n) is 10.9. The Balaban J connectivity index is 1.58. The molecule has 8 heteroatoms. The van der Waals surface area contributed by atoms with Gasteiger partial charge in [-0.1, -0.05) is 6.07 Å². The first-order chi connectivity index (χ1) is 16.1. The molecule has 0 aliphatic rings. The van der Waals surface area contributed by atoms with Crippen LogP contribution in [0.1, 0.15) is 44.9 Å². The molecule has 4 aromatic rings. The Morgan fingerprint density at radius 1 is 1.03 bits per heavy atom. The molecule has 4 rings (SSSR count). The molecule has 0 aliphatic carbocycles. The van der Waals surface area contributed by atoms with Crippen LogP contribution < -0.4 is 5.73 Å². The van der Waals surface area contributed by atoms with Crippen molar-refractivity contribution in [2.45, 2.75) is 38.0 Å². The quantitative estimate of drug-likeness (QED) is 0.402. The number of hydrogen-bond acceptors (Lipinski definition) is 7. The second-order valence-corrected chi connectivity index (χ2v) is 10.6. The highest BCUT2D eigenvalue weighted by Gasteiger charge is 2.16. The van der Waals surface area contributed by atoms with Crippen LogP contribution in [0.3, 0.4) is 0 Å². The normalized spacial score (nSPS) is 11.6. The molecule has 2 N–H and O–H groups in total. The summed E-state index contributed by atoms with van der Waals surface area (Å²) in [6, 6.07) is 12.6. The van der Waals surface area contributed by atoms with Gasteiger partial charge < -0.3 is 5.73 Å². The number of aryl methyl sites for hydroxylation is 3. The molecule has 1 aromatic carbocycles. The largest absolute Gasteiger partial charge is 0.384 e. The molecule has 3 heterocycles. The van der Waals surface area contributed by atoms with Crippen LogP contribution in [-0.4, -0.2) is 35.4 Å². The summed E-state index contributed by atoms with van der Waals surface area (Å²) in [6.45, 7) is 3.80. The van der Waals surface area contributed by atoms with Gasteiger partial charge in [0.15, 0.2) is 15.6 Å². The van der Waals surface area contributed by atoms with Gasteiger partial charge in [-0.2, -0.15) is 0 Å². The van der Waals surface area contributed by atoms with Gasteiger partial charge in [-0.25, -0.2) is 13.4 Å². The summed E-state index contributed by atoms with van der Waals surface area (Å²) in [4.78, 5) is 26.0. The minimum atomic E-state index is -3.47. The average Bonchev–Trinajstić information content (AvgIpc) is 2.77. The maximum Gasteiger partial charge on any atom is 0.177 e. The molecule has 0 atom stereocenters. The molecule has 34 heavy (non-hydrogen) atoms. The number of nitrogen functional groups attached to an aromatic ring is 1. The second-order valence-electron chi connectivity index (χ2n) is 8.57. The number of carbonyl (C=O) groups is 1. The summed E-state index contributed by atoms with van der Waals surface area (Å²) < 4.78 is 24.8. The average molecular weight is 475 g/mol. The number of carbonyl (C=O) groups excluding carboxylic acids is 1. The smallest absolute Gasteiger partial charge is 0.177 e. The molecule has 0 saturated heterocycles. The van der Waals surface area contributed by atoms with E-state index in [4.69, 9.17) is 5.73 Å². The standard InChI is InChI=1S/C26H26N4O3S/c1-16-10-21-11-18(13-24(34(3,32)33)26(21)29-15-16)12-22-14-20(8-9-28-22)23(31)6-4-19-5-7-25(27)30-17(19)2/h5,7-11,13-15H,4,6,12H2,1-3H3,(H2,27,30). The van der Waals surface area contributed by atoms with Gasteiger partial charge >= 0.3 is 0 Å². The summed E-state index contributed by atoms with van der Waals surface area (Å²) in [6.07, 6.45) is 5.77. The van der Waals surface area contributed by atoms with E-state index in [1.165, 1.54) is 6.26 Å². The van der Waals surface area contributed by atoms with Crippen molar-refractivity contribution < 1.29 is 13.2 Å². The number of pyridine rings is 3. The summed E-state index contributed by atoms with van der Waals surface area (Å²) in [5.41, 5.74) is 11.0. The summed E-state index contributed by atoms with van der Waals surface area (Å²) >= 11 is 0. The lowest BCUT2D eigenvalue weighted by molar-refractivity contribution is 0.0982. The Morgan fingerprint density at radius 3 is 2.56 bits per heavy atom. The molecular formula is C26H26N4O3S. The number of nitrogens with zero attached hydrogens (tertiary/aromatic N) is 3. The molecule has 3 aromatic heterocycles. The number of benzene rings is 1. The van der Waals surface area contributed by atoms with Crippen LogP contribution in [0.4, 0.5) is 5.82 Å². The molecule has 174 valence electrons. The number of aromatic nitrogens is 3. The van der Waals surface area contributed by atoms with Gasteiger partial charge in [0.1, 0.15) is 5.82 Å².